The summed E-state index contributed by atoms with van der Waals surface area (Å²) >= 11 is 0. The molecule has 0 radical (unpaired) electrons. The highest BCUT2D eigenvalue weighted by Gasteiger charge is 2.18. The Labute approximate surface area is 146 Å². The second kappa shape index (κ2) is 7.21. The number of carbonyl (C=O) groups is 1. The van der Waals surface area contributed by atoms with Crippen LogP contribution in [0.5, 0.6) is 5.75 Å². The summed E-state index contributed by atoms with van der Waals surface area (Å²) in [4.78, 5) is 16.8. The van der Waals surface area contributed by atoms with Crippen molar-refractivity contribution in [3.8, 4) is 17.2 Å². The fourth-order valence-corrected chi connectivity index (χ4v) is 2.52. The maximum atomic E-state index is 12.4. The van der Waals surface area contributed by atoms with Crippen molar-refractivity contribution in [1.29, 1.82) is 0 Å². The van der Waals surface area contributed by atoms with E-state index in [1.54, 1.807) is 14.0 Å². The Bertz CT molecular complexity index is 882. The molecule has 128 valence electrons. The lowest BCUT2D eigenvalue weighted by Crippen LogP contribution is -2.23. The van der Waals surface area contributed by atoms with Gasteiger partial charge in [0, 0.05) is 12.1 Å². The molecule has 0 aliphatic carbocycles. The average Bonchev–Trinajstić information content (AvgIpc) is 3.02. The van der Waals surface area contributed by atoms with Crippen molar-refractivity contribution >= 4 is 5.91 Å². The molecule has 0 bridgehead atoms. The smallest absolute Gasteiger partial charge is 0.273 e. The summed E-state index contributed by atoms with van der Waals surface area (Å²) in [6, 6.07) is 15.4. The van der Waals surface area contributed by atoms with E-state index in [0.29, 0.717) is 23.9 Å². The summed E-state index contributed by atoms with van der Waals surface area (Å²) in [5.74, 6) is 1.49. The Morgan fingerprint density at radius 2 is 1.92 bits per heavy atom. The molecule has 25 heavy (non-hydrogen) atoms. The first kappa shape index (κ1) is 16.8. The zero-order valence-corrected chi connectivity index (χ0v) is 14.5. The molecule has 5 heteroatoms. The van der Waals surface area contributed by atoms with Crippen LogP contribution < -0.4 is 10.1 Å². The number of aromatic nitrogens is 1. The highest BCUT2D eigenvalue weighted by atomic mass is 16.5. The summed E-state index contributed by atoms with van der Waals surface area (Å²) in [6.07, 6.45) is 0. The van der Waals surface area contributed by atoms with Crippen LogP contribution in [-0.4, -0.2) is 18.0 Å². The van der Waals surface area contributed by atoms with Crippen molar-refractivity contribution in [3.05, 3.63) is 71.1 Å². The van der Waals surface area contributed by atoms with Crippen molar-refractivity contribution in [2.75, 3.05) is 7.11 Å². The van der Waals surface area contributed by atoms with Gasteiger partial charge in [0.25, 0.3) is 5.91 Å². The standard InChI is InChI=1S/C20H20N2O3/c1-13-5-4-6-16(11-13)20-22-18(14(2)25-20)19(23)21-12-15-7-9-17(24-3)10-8-15/h4-11H,12H2,1-3H3,(H,21,23). The van der Waals surface area contributed by atoms with Crippen molar-refractivity contribution in [3.63, 3.8) is 0 Å². The number of nitrogens with one attached hydrogen (secondary N) is 1. The molecule has 1 heterocycles. The monoisotopic (exact) mass is 336 g/mol. The topological polar surface area (TPSA) is 64.4 Å². The minimum absolute atomic E-state index is 0.254. The minimum atomic E-state index is -0.254. The van der Waals surface area contributed by atoms with E-state index in [4.69, 9.17) is 9.15 Å². The summed E-state index contributed by atoms with van der Waals surface area (Å²) in [5.41, 5.74) is 3.26. The number of ether oxygens (including phenoxy) is 1. The van der Waals surface area contributed by atoms with Crippen LogP contribution in [0, 0.1) is 13.8 Å². The molecule has 0 saturated heterocycles. The van der Waals surface area contributed by atoms with Gasteiger partial charge >= 0.3 is 0 Å². The summed E-state index contributed by atoms with van der Waals surface area (Å²) < 4.78 is 10.8. The third-order valence-corrected chi connectivity index (χ3v) is 3.89. The first-order valence-electron chi connectivity index (χ1n) is 8.02. The van der Waals surface area contributed by atoms with Gasteiger partial charge in [0.15, 0.2) is 5.69 Å². The normalized spacial score (nSPS) is 10.5. The molecule has 3 rings (SSSR count). The molecule has 5 nitrogen and oxygen atoms in total. The van der Waals surface area contributed by atoms with Gasteiger partial charge in [0.05, 0.1) is 7.11 Å². The van der Waals surface area contributed by atoms with Crippen molar-refractivity contribution in [2.24, 2.45) is 0 Å². The van der Waals surface area contributed by atoms with E-state index in [1.807, 2.05) is 55.5 Å². The number of benzene rings is 2. The lowest BCUT2D eigenvalue weighted by molar-refractivity contribution is 0.0945. The second-order valence-corrected chi connectivity index (χ2v) is 5.82. The molecule has 1 amide bonds. The number of carbonyl (C=O) groups excluding carboxylic acids is 1. The Hall–Kier alpha value is -3.08. The molecule has 0 spiro atoms. The van der Waals surface area contributed by atoms with Crippen LogP contribution in [0.25, 0.3) is 11.5 Å². The van der Waals surface area contributed by atoms with Gasteiger partial charge in [0.2, 0.25) is 5.89 Å². The fraction of sp³-hybridized carbons (Fsp3) is 0.200. The number of nitrogens with zero attached hydrogens (tertiary/aromatic N) is 1. The minimum Gasteiger partial charge on any atom is -0.497 e. The lowest BCUT2D eigenvalue weighted by atomic mass is 10.1. The number of oxazole rings is 1. The molecule has 3 aromatic rings. The van der Waals surface area contributed by atoms with Crippen molar-refractivity contribution in [2.45, 2.75) is 20.4 Å². The third kappa shape index (κ3) is 3.88. The molecular weight excluding hydrogens is 316 g/mol. The summed E-state index contributed by atoms with van der Waals surface area (Å²) in [5, 5.41) is 2.87. The highest BCUT2D eigenvalue weighted by Crippen LogP contribution is 2.22. The molecule has 0 aliphatic heterocycles. The number of hydrogen-bond donors (Lipinski definition) is 1. The maximum absolute atomic E-state index is 12.4. The number of rotatable bonds is 5. The zero-order valence-electron chi connectivity index (χ0n) is 14.5. The number of aryl methyl sites for hydroxylation is 2. The molecule has 1 N–H and O–H groups in total. The van der Waals surface area contributed by atoms with Gasteiger partial charge in [-0.25, -0.2) is 4.98 Å². The van der Waals surface area contributed by atoms with Crippen molar-refractivity contribution < 1.29 is 13.9 Å². The molecule has 0 saturated carbocycles. The van der Waals surface area contributed by atoms with Crippen LogP contribution in [0.1, 0.15) is 27.4 Å². The number of methoxy groups -OCH3 is 1. The largest absolute Gasteiger partial charge is 0.497 e. The van der Waals surface area contributed by atoms with E-state index in [1.165, 1.54) is 0 Å². The predicted molar refractivity (Wildman–Crippen MR) is 95.6 cm³/mol. The quantitative estimate of drug-likeness (QED) is 0.767. The van der Waals surface area contributed by atoms with E-state index in [9.17, 15) is 4.79 Å². The van der Waals surface area contributed by atoms with Crippen molar-refractivity contribution in [1.82, 2.24) is 10.3 Å². The first-order valence-corrected chi connectivity index (χ1v) is 8.02. The zero-order chi connectivity index (χ0) is 17.8. The van der Waals surface area contributed by atoms with Gasteiger partial charge in [0.1, 0.15) is 11.5 Å². The summed E-state index contributed by atoms with van der Waals surface area (Å²) in [6.45, 7) is 4.16. The molecule has 0 atom stereocenters. The first-order chi connectivity index (χ1) is 12.1. The number of amides is 1. The van der Waals surface area contributed by atoms with E-state index < -0.39 is 0 Å². The van der Waals surface area contributed by atoms with Crippen LogP contribution in [0.15, 0.2) is 52.9 Å². The molecule has 1 aromatic heterocycles. The molecular formula is C20H20N2O3. The van der Waals surface area contributed by atoms with Crippen LogP contribution in [0.4, 0.5) is 0 Å². The Kier molecular flexibility index (Phi) is 4.84. The van der Waals surface area contributed by atoms with E-state index in [2.05, 4.69) is 10.3 Å². The number of hydrogen-bond acceptors (Lipinski definition) is 4. The SMILES string of the molecule is COc1ccc(CNC(=O)c2nc(-c3cccc(C)c3)oc2C)cc1. The second-order valence-electron chi connectivity index (χ2n) is 5.82. The van der Waals surface area contributed by atoms with Crippen LogP contribution >= 0.6 is 0 Å². The van der Waals surface area contributed by atoms with Gasteiger partial charge in [-0.05, 0) is 43.7 Å². The molecule has 0 fully saturated rings. The van der Waals surface area contributed by atoms with Crippen LogP contribution in [0.3, 0.4) is 0 Å². The predicted octanol–water partition coefficient (Wildman–Crippen LogP) is 3.90. The Morgan fingerprint density at radius 1 is 1.16 bits per heavy atom. The van der Waals surface area contributed by atoms with Gasteiger partial charge in [-0.3, -0.25) is 4.79 Å². The average molecular weight is 336 g/mol. The highest BCUT2D eigenvalue weighted by molar-refractivity contribution is 5.93. The van der Waals surface area contributed by atoms with Gasteiger partial charge in [-0.2, -0.15) is 0 Å². The molecule has 0 aliphatic rings. The third-order valence-electron chi connectivity index (χ3n) is 3.89. The van der Waals surface area contributed by atoms with E-state index in [-0.39, 0.29) is 5.91 Å². The Morgan fingerprint density at radius 3 is 2.60 bits per heavy atom. The Balaban J connectivity index is 1.71. The maximum Gasteiger partial charge on any atom is 0.273 e. The van der Waals surface area contributed by atoms with Gasteiger partial charge < -0.3 is 14.5 Å². The van der Waals surface area contributed by atoms with Crippen LogP contribution in [0.2, 0.25) is 0 Å². The fourth-order valence-electron chi connectivity index (χ4n) is 2.52. The summed E-state index contributed by atoms with van der Waals surface area (Å²) in [7, 11) is 1.62. The molecule has 2 aromatic carbocycles. The molecule has 0 unspecified atom stereocenters. The lowest BCUT2D eigenvalue weighted by Gasteiger charge is -2.05. The van der Waals surface area contributed by atoms with Gasteiger partial charge in [-0.15, -0.1) is 0 Å². The van der Waals surface area contributed by atoms with E-state index in [0.717, 1.165) is 22.4 Å². The van der Waals surface area contributed by atoms with Gasteiger partial charge in [-0.1, -0.05) is 29.8 Å². The van der Waals surface area contributed by atoms with E-state index >= 15 is 0 Å². The van der Waals surface area contributed by atoms with Crippen LogP contribution in [-0.2, 0) is 6.54 Å².